The van der Waals surface area contributed by atoms with E-state index in [1.807, 2.05) is 0 Å². The van der Waals surface area contributed by atoms with Crippen molar-refractivity contribution in [2.45, 2.75) is 44.1 Å². The Morgan fingerprint density at radius 1 is 0.882 bits per heavy atom. The first-order chi connectivity index (χ1) is 7.97. The molecule has 8 heteroatoms. The lowest BCUT2D eigenvalue weighted by molar-refractivity contribution is -0.374. The van der Waals surface area contributed by atoms with Crippen molar-refractivity contribution in [2.75, 3.05) is 14.2 Å². The van der Waals surface area contributed by atoms with Crippen LogP contribution >= 0.6 is 0 Å². The van der Waals surface area contributed by atoms with E-state index in [0.717, 1.165) is 7.11 Å². The van der Waals surface area contributed by atoms with E-state index >= 15 is 0 Å². The predicted octanol–water partition coefficient (Wildman–Crippen LogP) is -2.64. The van der Waals surface area contributed by atoms with E-state index < -0.39 is 31.1 Å². The lowest BCUT2D eigenvalue weighted by Crippen LogP contribution is -2.54. The maximum absolute atomic E-state index is 8.68. The third kappa shape index (κ3) is 4.45. The molecule has 6 atom stereocenters. The second-order valence-corrected chi connectivity index (χ2v) is 3.34. The van der Waals surface area contributed by atoms with Crippen molar-refractivity contribution in [1.82, 2.24) is 0 Å². The number of aliphatic hydroxyl groups excluding tert-OH is 5. The highest BCUT2D eigenvalue weighted by molar-refractivity contribution is 4.76. The maximum atomic E-state index is 8.68. The van der Waals surface area contributed by atoms with Crippen LogP contribution in [0.3, 0.4) is 0 Å². The summed E-state index contributed by atoms with van der Waals surface area (Å²) < 4.78 is 13.6. The van der Waals surface area contributed by atoms with Crippen LogP contribution in [-0.2, 0) is 14.2 Å². The Balaban J connectivity index is 0.000000265. The molecule has 0 amide bonds. The van der Waals surface area contributed by atoms with Gasteiger partial charge in [-0.2, -0.15) is 0 Å². The molecule has 0 aliphatic carbocycles. The number of rotatable bonds is 1. The molecular formula is C9H20O8. The van der Waals surface area contributed by atoms with Gasteiger partial charge in [0.25, 0.3) is 0 Å². The molecule has 0 saturated carbocycles. The number of aliphatic hydroxyl groups is 5. The highest BCUT2D eigenvalue weighted by Crippen LogP contribution is 2.18. The van der Waals surface area contributed by atoms with Crippen molar-refractivity contribution in [1.29, 1.82) is 0 Å². The summed E-state index contributed by atoms with van der Waals surface area (Å²) in [5.41, 5.74) is 0. The average molecular weight is 256 g/mol. The Morgan fingerprint density at radius 3 is 1.41 bits per heavy atom. The van der Waals surface area contributed by atoms with Crippen molar-refractivity contribution >= 4 is 0 Å². The number of methoxy groups -OCH3 is 1. The van der Waals surface area contributed by atoms with E-state index in [1.54, 1.807) is 6.92 Å². The van der Waals surface area contributed by atoms with Crippen molar-refractivity contribution < 1.29 is 39.7 Å². The zero-order valence-electron chi connectivity index (χ0n) is 9.92. The van der Waals surface area contributed by atoms with Crippen LogP contribution in [0.2, 0.25) is 0 Å². The topological polar surface area (TPSA) is 129 Å². The van der Waals surface area contributed by atoms with Gasteiger partial charge in [-0.1, -0.05) is 0 Å². The second kappa shape index (κ2) is 7.90. The summed E-state index contributed by atoms with van der Waals surface area (Å²) in [5, 5.41) is 41.2. The van der Waals surface area contributed by atoms with Gasteiger partial charge in [0.2, 0.25) is 0 Å². The number of ether oxygens (including phenoxy) is 3. The van der Waals surface area contributed by atoms with E-state index in [9.17, 15) is 0 Å². The zero-order chi connectivity index (χ0) is 13.6. The fourth-order valence-electron chi connectivity index (χ4n) is 1.06. The molecule has 0 bridgehead atoms. The monoisotopic (exact) mass is 256 g/mol. The summed E-state index contributed by atoms with van der Waals surface area (Å²) in [7, 11) is 2.40. The zero-order valence-corrected chi connectivity index (χ0v) is 9.92. The SMILES string of the molecule is CC1OC(O)C1O.CO.COC1OC(O)C1O. The molecule has 6 unspecified atom stereocenters. The molecule has 0 spiro atoms. The summed E-state index contributed by atoms with van der Waals surface area (Å²) in [6.07, 6.45) is -4.35. The lowest BCUT2D eigenvalue weighted by Gasteiger charge is -2.36. The fourth-order valence-corrected chi connectivity index (χ4v) is 1.06. The quantitative estimate of drug-likeness (QED) is 0.344. The molecule has 2 aliphatic heterocycles. The first-order valence-corrected chi connectivity index (χ1v) is 4.98. The Morgan fingerprint density at radius 2 is 1.35 bits per heavy atom. The van der Waals surface area contributed by atoms with Gasteiger partial charge >= 0.3 is 0 Å². The molecule has 2 fully saturated rings. The van der Waals surface area contributed by atoms with Gasteiger partial charge in [0.05, 0.1) is 6.10 Å². The third-order valence-corrected chi connectivity index (χ3v) is 2.20. The van der Waals surface area contributed by atoms with E-state index in [0.29, 0.717) is 0 Å². The summed E-state index contributed by atoms with van der Waals surface area (Å²) in [6.45, 7) is 1.71. The molecule has 0 aromatic heterocycles. The van der Waals surface area contributed by atoms with E-state index in [2.05, 4.69) is 14.2 Å². The Labute approximate surface area is 99.0 Å². The van der Waals surface area contributed by atoms with Crippen LogP contribution in [0.4, 0.5) is 0 Å². The molecule has 104 valence electrons. The molecule has 2 saturated heterocycles. The molecule has 2 heterocycles. The molecule has 17 heavy (non-hydrogen) atoms. The third-order valence-electron chi connectivity index (χ3n) is 2.20. The van der Waals surface area contributed by atoms with Crippen LogP contribution in [0.5, 0.6) is 0 Å². The van der Waals surface area contributed by atoms with Crippen molar-refractivity contribution in [3.63, 3.8) is 0 Å². The van der Waals surface area contributed by atoms with E-state index in [1.165, 1.54) is 7.11 Å². The Bertz CT molecular complexity index is 193. The van der Waals surface area contributed by atoms with Gasteiger partial charge in [0.1, 0.15) is 6.10 Å². The van der Waals surface area contributed by atoms with E-state index in [-0.39, 0.29) is 6.10 Å². The smallest absolute Gasteiger partial charge is 0.191 e. The van der Waals surface area contributed by atoms with Gasteiger partial charge in [0.15, 0.2) is 25.0 Å². The summed E-state index contributed by atoms with van der Waals surface area (Å²) in [4.78, 5) is 0. The van der Waals surface area contributed by atoms with Crippen molar-refractivity contribution in [2.24, 2.45) is 0 Å². The van der Waals surface area contributed by atoms with Crippen LogP contribution in [0.25, 0.3) is 0 Å². The molecule has 8 nitrogen and oxygen atoms in total. The predicted molar refractivity (Wildman–Crippen MR) is 54.6 cm³/mol. The molecule has 0 aromatic carbocycles. The van der Waals surface area contributed by atoms with Crippen LogP contribution in [0.15, 0.2) is 0 Å². The fraction of sp³-hybridized carbons (Fsp3) is 1.00. The maximum Gasteiger partial charge on any atom is 0.191 e. The van der Waals surface area contributed by atoms with Crippen LogP contribution in [-0.4, -0.2) is 76.9 Å². The molecule has 2 rings (SSSR count). The second-order valence-electron chi connectivity index (χ2n) is 3.34. The molecule has 0 aromatic rings. The van der Waals surface area contributed by atoms with Gasteiger partial charge in [0, 0.05) is 14.2 Å². The molecule has 2 aliphatic rings. The lowest BCUT2D eigenvalue weighted by atomic mass is 10.1. The normalized spacial score (nSPS) is 43.1. The van der Waals surface area contributed by atoms with Gasteiger partial charge < -0.3 is 39.7 Å². The average Bonchev–Trinajstić information content (AvgIpc) is 2.38. The number of hydrogen-bond donors (Lipinski definition) is 5. The highest BCUT2D eigenvalue weighted by atomic mass is 16.8. The molecular weight excluding hydrogens is 236 g/mol. The van der Waals surface area contributed by atoms with Crippen molar-refractivity contribution in [3.8, 4) is 0 Å². The number of hydrogen-bond acceptors (Lipinski definition) is 8. The van der Waals surface area contributed by atoms with Gasteiger partial charge in [-0.05, 0) is 6.92 Å². The van der Waals surface area contributed by atoms with Crippen LogP contribution < -0.4 is 0 Å². The minimum absolute atomic E-state index is 0.185. The minimum Gasteiger partial charge on any atom is -0.400 e. The standard InChI is InChI=1S/C4H8O4.C4H8O3.CH4O/c1-7-4-2(5)3(6)8-4;1-2-3(5)4(6)7-2;1-2/h2-6H,1H3;2-6H,1H3;2H,1H3. The van der Waals surface area contributed by atoms with Gasteiger partial charge in [-0.25, -0.2) is 0 Å². The highest BCUT2D eigenvalue weighted by Gasteiger charge is 2.40. The summed E-state index contributed by atoms with van der Waals surface area (Å²) in [6, 6.07) is 0. The molecule has 0 radical (unpaired) electrons. The Kier molecular flexibility index (Phi) is 7.75. The summed E-state index contributed by atoms with van der Waals surface area (Å²) in [5.74, 6) is 0. The minimum atomic E-state index is -1.06. The van der Waals surface area contributed by atoms with Gasteiger partial charge in [-0.15, -0.1) is 0 Å². The first kappa shape index (κ1) is 16.7. The molecule has 5 N–H and O–H groups in total. The van der Waals surface area contributed by atoms with Crippen LogP contribution in [0.1, 0.15) is 6.92 Å². The first-order valence-electron chi connectivity index (χ1n) is 4.98. The van der Waals surface area contributed by atoms with Crippen molar-refractivity contribution in [3.05, 3.63) is 0 Å². The van der Waals surface area contributed by atoms with Crippen LogP contribution in [0, 0.1) is 0 Å². The van der Waals surface area contributed by atoms with Gasteiger partial charge in [-0.3, -0.25) is 0 Å². The largest absolute Gasteiger partial charge is 0.400 e. The van der Waals surface area contributed by atoms with E-state index in [4.69, 9.17) is 25.5 Å². The Hall–Kier alpha value is -0.320. The summed E-state index contributed by atoms with van der Waals surface area (Å²) >= 11 is 0.